The molecule has 14 heavy (non-hydrogen) atoms. The van der Waals surface area contributed by atoms with E-state index >= 15 is 0 Å². The van der Waals surface area contributed by atoms with Gasteiger partial charge in [-0.05, 0) is 38.5 Å². The lowest BCUT2D eigenvalue weighted by molar-refractivity contribution is 0.241. The van der Waals surface area contributed by atoms with Crippen molar-refractivity contribution in [3.05, 3.63) is 0 Å². The second-order valence-electron chi connectivity index (χ2n) is 4.40. The highest BCUT2D eigenvalue weighted by atomic mass is 16.3. The van der Waals surface area contributed by atoms with Gasteiger partial charge < -0.3 is 16.2 Å². The maximum absolute atomic E-state index is 8.88. The van der Waals surface area contributed by atoms with Gasteiger partial charge in [-0.2, -0.15) is 0 Å². The number of hydrogen-bond acceptors (Lipinski definition) is 3. The third kappa shape index (κ3) is 3.95. The second-order valence-corrected chi connectivity index (χ2v) is 4.40. The van der Waals surface area contributed by atoms with Crippen LogP contribution in [0.1, 0.15) is 45.4 Å². The van der Waals surface area contributed by atoms with Crippen LogP contribution in [0.25, 0.3) is 0 Å². The van der Waals surface area contributed by atoms with E-state index in [0.717, 1.165) is 25.7 Å². The van der Waals surface area contributed by atoms with Gasteiger partial charge in [0.1, 0.15) is 0 Å². The minimum absolute atomic E-state index is 0.289. The van der Waals surface area contributed by atoms with Crippen LogP contribution < -0.4 is 11.1 Å². The highest BCUT2D eigenvalue weighted by Gasteiger charge is 2.20. The number of aliphatic hydroxyl groups is 1. The first-order valence-corrected chi connectivity index (χ1v) is 5.88. The van der Waals surface area contributed by atoms with Crippen LogP contribution in [0.2, 0.25) is 0 Å². The second kappa shape index (κ2) is 6.38. The summed E-state index contributed by atoms with van der Waals surface area (Å²) in [4.78, 5) is 0. The molecule has 1 rings (SSSR count). The van der Waals surface area contributed by atoms with Crippen LogP contribution in [0.5, 0.6) is 0 Å². The van der Waals surface area contributed by atoms with Gasteiger partial charge in [0.15, 0.2) is 0 Å². The zero-order chi connectivity index (χ0) is 10.4. The molecule has 4 N–H and O–H groups in total. The standard InChI is InChI=1S/C11H24N2O/c1-2-10(7-8-14)13-11-5-3-9(12)4-6-11/h9-11,13-14H,2-8,12H2,1H3. The Bertz CT molecular complexity index is 144. The summed E-state index contributed by atoms with van der Waals surface area (Å²) in [5.41, 5.74) is 5.85. The summed E-state index contributed by atoms with van der Waals surface area (Å²) in [5, 5.41) is 12.5. The van der Waals surface area contributed by atoms with Gasteiger partial charge in [-0.3, -0.25) is 0 Å². The maximum atomic E-state index is 8.88. The fourth-order valence-electron chi connectivity index (χ4n) is 2.18. The molecular formula is C11H24N2O. The summed E-state index contributed by atoms with van der Waals surface area (Å²) >= 11 is 0. The molecule has 0 amide bonds. The Morgan fingerprint density at radius 3 is 2.50 bits per heavy atom. The average Bonchev–Trinajstić information content (AvgIpc) is 2.20. The van der Waals surface area contributed by atoms with Crippen molar-refractivity contribution in [2.45, 2.75) is 63.6 Å². The summed E-state index contributed by atoms with van der Waals surface area (Å²) in [6, 6.07) is 1.54. The fourth-order valence-corrected chi connectivity index (χ4v) is 2.18. The van der Waals surface area contributed by atoms with Crippen LogP contribution in [-0.2, 0) is 0 Å². The van der Waals surface area contributed by atoms with Gasteiger partial charge in [0.05, 0.1) is 0 Å². The smallest absolute Gasteiger partial charge is 0.0445 e. The van der Waals surface area contributed by atoms with Gasteiger partial charge in [0.2, 0.25) is 0 Å². The van der Waals surface area contributed by atoms with Crippen molar-refractivity contribution >= 4 is 0 Å². The minimum Gasteiger partial charge on any atom is -0.396 e. The Labute approximate surface area is 87.1 Å². The summed E-state index contributed by atoms with van der Waals surface area (Å²) in [6.45, 7) is 2.46. The Kier molecular flexibility index (Phi) is 5.45. The molecule has 1 aliphatic rings. The predicted octanol–water partition coefficient (Wildman–Crippen LogP) is 1.01. The minimum atomic E-state index is 0.289. The lowest BCUT2D eigenvalue weighted by Crippen LogP contribution is -2.42. The molecular weight excluding hydrogens is 176 g/mol. The van der Waals surface area contributed by atoms with Crippen molar-refractivity contribution in [1.29, 1.82) is 0 Å². The molecule has 84 valence electrons. The molecule has 0 saturated heterocycles. The van der Waals surface area contributed by atoms with Gasteiger partial charge in [-0.25, -0.2) is 0 Å². The zero-order valence-electron chi connectivity index (χ0n) is 9.21. The lowest BCUT2D eigenvalue weighted by Gasteiger charge is -2.30. The summed E-state index contributed by atoms with van der Waals surface area (Å²) in [5.74, 6) is 0. The van der Waals surface area contributed by atoms with E-state index < -0.39 is 0 Å². The average molecular weight is 200 g/mol. The van der Waals surface area contributed by atoms with E-state index in [0.29, 0.717) is 18.1 Å². The van der Waals surface area contributed by atoms with E-state index in [4.69, 9.17) is 10.8 Å². The van der Waals surface area contributed by atoms with Crippen LogP contribution in [0, 0.1) is 0 Å². The van der Waals surface area contributed by atoms with Crippen LogP contribution >= 0.6 is 0 Å². The Hall–Kier alpha value is -0.120. The molecule has 1 saturated carbocycles. The molecule has 0 heterocycles. The van der Waals surface area contributed by atoms with Crippen LogP contribution in [0.3, 0.4) is 0 Å². The van der Waals surface area contributed by atoms with Crippen molar-refractivity contribution in [2.24, 2.45) is 5.73 Å². The Morgan fingerprint density at radius 1 is 1.36 bits per heavy atom. The third-order valence-corrected chi connectivity index (χ3v) is 3.21. The van der Waals surface area contributed by atoms with E-state index in [1.807, 2.05) is 0 Å². The molecule has 1 unspecified atom stereocenters. The highest BCUT2D eigenvalue weighted by Crippen LogP contribution is 2.18. The summed E-state index contributed by atoms with van der Waals surface area (Å²) < 4.78 is 0. The number of rotatable bonds is 5. The van der Waals surface area contributed by atoms with Crippen molar-refractivity contribution in [1.82, 2.24) is 5.32 Å². The third-order valence-electron chi connectivity index (χ3n) is 3.21. The van der Waals surface area contributed by atoms with Crippen LogP contribution in [0.4, 0.5) is 0 Å². The van der Waals surface area contributed by atoms with Gasteiger partial charge in [0.25, 0.3) is 0 Å². The van der Waals surface area contributed by atoms with Crippen LogP contribution in [0.15, 0.2) is 0 Å². The molecule has 1 atom stereocenters. The number of aliphatic hydroxyl groups excluding tert-OH is 1. The lowest BCUT2D eigenvalue weighted by atomic mass is 9.91. The SMILES string of the molecule is CCC(CCO)NC1CCC(N)CC1. The molecule has 3 nitrogen and oxygen atoms in total. The van der Waals surface area contributed by atoms with Crippen LogP contribution in [-0.4, -0.2) is 29.8 Å². The Morgan fingerprint density at radius 2 is 2.00 bits per heavy atom. The molecule has 3 heteroatoms. The largest absolute Gasteiger partial charge is 0.396 e. The normalized spacial score (nSPS) is 30.2. The quantitative estimate of drug-likeness (QED) is 0.620. The monoisotopic (exact) mass is 200 g/mol. The maximum Gasteiger partial charge on any atom is 0.0445 e. The summed E-state index contributed by atoms with van der Waals surface area (Å²) in [7, 11) is 0. The molecule has 0 bridgehead atoms. The molecule has 1 aliphatic carbocycles. The molecule has 0 aromatic carbocycles. The van der Waals surface area contributed by atoms with Crippen molar-refractivity contribution in [3.63, 3.8) is 0 Å². The van der Waals surface area contributed by atoms with Crippen molar-refractivity contribution in [2.75, 3.05) is 6.61 Å². The molecule has 0 aromatic heterocycles. The molecule has 1 fully saturated rings. The van der Waals surface area contributed by atoms with Gasteiger partial charge >= 0.3 is 0 Å². The first-order valence-electron chi connectivity index (χ1n) is 5.88. The first kappa shape index (κ1) is 12.0. The molecule has 0 aromatic rings. The Balaban J connectivity index is 2.21. The predicted molar refractivity (Wildman–Crippen MR) is 59.1 cm³/mol. The van der Waals surface area contributed by atoms with E-state index in [9.17, 15) is 0 Å². The van der Waals surface area contributed by atoms with E-state index in [1.165, 1.54) is 12.8 Å². The van der Waals surface area contributed by atoms with E-state index in [2.05, 4.69) is 12.2 Å². The van der Waals surface area contributed by atoms with E-state index in [-0.39, 0.29) is 6.61 Å². The van der Waals surface area contributed by atoms with Gasteiger partial charge in [-0.1, -0.05) is 6.92 Å². The molecule has 0 radical (unpaired) electrons. The van der Waals surface area contributed by atoms with Gasteiger partial charge in [0, 0.05) is 24.7 Å². The van der Waals surface area contributed by atoms with Crippen molar-refractivity contribution in [3.8, 4) is 0 Å². The highest BCUT2D eigenvalue weighted by molar-refractivity contribution is 4.81. The summed E-state index contributed by atoms with van der Waals surface area (Å²) in [6.07, 6.45) is 6.66. The molecule has 0 spiro atoms. The number of hydrogen-bond donors (Lipinski definition) is 3. The number of nitrogens with two attached hydrogens (primary N) is 1. The van der Waals surface area contributed by atoms with E-state index in [1.54, 1.807) is 0 Å². The van der Waals surface area contributed by atoms with Crippen molar-refractivity contribution < 1.29 is 5.11 Å². The first-order chi connectivity index (χ1) is 6.76. The zero-order valence-corrected chi connectivity index (χ0v) is 9.21. The van der Waals surface area contributed by atoms with Gasteiger partial charge in [-0.15, -0.1) is 0 Å². The fraction of sp³-hybridized carbons (Fsp3) is 1.00. The number of nitrogens with one attached hydrogen (secondary N) is 1. The molecule has 0 aliphatic heterocycles. The topological polar surface area (TPSA) is 58.3 Å².